The van der Waals surface area contributed by atoms with Crippen molar-refractivity contribution in [2.24, 2.45) is 5.92 Å². The summed E-state index contributed by atoms with van der Waals surface area (Å²) in [7, 11) is 0. The van der Waals surface area contributed by atoms with Gasteiger partial charge in [0, 0.05) is 0 Å². The van der Waals surface area contributed by atoms with Crippen LogP contribution in [0.5, 0.6) is 0 Å². The Labute approximate surface area is 94.1 Å². The van der Waals surface area contributed by atoms with Gasteiger partial charge in [0.15, 0.2) is 0 Å². The van der Waals surface area contributed by atoms with Gasteiger partial charge in [0.2, 0.25) is 0 Å². The van der Waals surface area contributed by atoms with Crippen molar-refractivity contribution in [2.45, 2.75) is 26.7 Å². The molecule has 0 bridgehead atoms. The topological polar surface area (TPSA) is 0 Å². The molecule has 0 amide bonds. The van der Waals surface area contributed by atoms with Crippen molar-refractivity contribution < 1.29 is 0 Å². The molecular formula is C15H20. The van der Waals surface area contributed by atoms with Gasteiger partial charge in [0.1, 0.15) is 0 Å². The SMILES string of the molecule is C#C/C=C/C(/C=C/C=C/C)CC/C=C/C. The van der Waals surface area contributed by atoms with E-state index in [2.05, 4.69) is 36.3 Å². The zero-order valence-corrected chi connectivity index (χ0v) is 9.69. The van der Waals surface area contributed by atoms with E-state index in [0.29, 0.717) is 5.92 Å². The average Bonchev–Trinajstić information content (AvgIpc) is 2.25. The van der Waals surface area contributed by atoms with Gasteiger partial charge in [-0.25, -0.2) is 0 Å². The van der Waals surface area contributed by atoms with Crippen LogP contribution < -0.4 is 0 Å². The summed E-state index contributed by atoms with van der Waals surface area (Å²) in [5, 5.41) is 0. The third-order valence-corrected chi connectivity index (χ3v) is 2.00. The highest BCUT2D eigenvalue weighted by Gasteiger charge is 1.96. The Hall–Kier alpha value is -1.48. The van der Waals surface area contributed by atoms with Crippen LogP contribution in [0.4, 0.5) is 0 Å². The van der Waals surface area contributed by atoms with E-state index in [4.69, 9.17) is 6.42 Å². The fourth-order valence-electron chi connectivity index (χ4n) is 1.21. The van der Waals surface area contributed by atoms with Crippen molar-refractivity contribution in [3.63, 3.8) is 0 Å². The molecule has 80 valence electrons. The van der Waals surface area contributed by atoms with E-state index < -0.39 is 0 Å². The summed E-state index contributed by atoms with van der Waals surface area (Å²) in [6, 6.07) is 0. The molecule has 0 heteroatoms. The molecule has 15 heavy (non-hydrogen) atoms. The fraction of sp³-hybridized carbons (Fsp3) is 0.333. The summed E-state index contributed by atoms with van der Waals surface area (Å²) >= 11 is 0. The largest absolute Gasteiger partial charge is 0.115 e. The molecule has 0 aliphatic rings. The minimum atomic E-state index is 0.438. The van der Waals surface area contributed by atoms with Gasteiger partial charge in [-0.1, -0.05) is 48.5 Å². The molecule has 0 aromatic rings. The summed E-state index contributed by atoms with van der Waals surface area (Å²) < 4.78 is 0. The summed E-state index contributed by atoms with van der Waals surface area (Å²) in [6.45, 7) is 4.05. The van der Waals surface area contributed by atoms with E-state index >= 15 is 0 Å². The van der Waals surface area contributed by atoms with Crippen LogP contribution in [0.2, 0.25) is 0 Å². The van der Waals surface area contributed by atoms with Crippen LogP contribution in [-0.4, -0.2) is 0 Å². The van der Waals surface area contributed by atoms with E-state index in [1.165, 1.54) is 0 Å². The van der Waals surface area contributed by atoms with Crippen LogP contribution in [0.25, 0.3) is 0 Å². The molecule has 0 aliphatic heterocycles. The smallest absolute Gasteiger partial charge is 0.00380 e. The van der Waals surface area contributed by atoms with Gasteiger partial charge in [-0.2, -0.15) is 0 Å². The van der Waals surface area contributed by atoms with Crippen molar-refractivity contribution in [2.75, 3.05) is 0 Å². The number of terminal acetylenes is 1. The lowest BCUT2D eigenvalue weighted by molar-refractivity contribution is 0.722. The van der Waals surface area contributed by atoms with E-state index in [-0.39, 0.29) is 0 Å². The molecule has 0 saturated heterocycles. The Bertz CT molecular complexity index is 282. The molecule has 0 nitrogen and oxygen atoms in total. The Morgan fingerprint density at radius 3 is 2.53 bits per heavy atom. The molecule has 0 aromatic heterocycles. The predicted molar refractivity (Wildman–Crippen MR) is 69.5 cm³/mol. The molecule has 1 atom stereocenters. The van der Waals surface area contributed by atoms with Crippen LogP contribution in [0, 0.1) is 18.3 Å². The molecule has 0 aliphatic carbocycles. The van der Waals surface area contributed by atoms with Crippen LogP contribution in [0.1, 0.15) is 26.7 Å². The molecule has 0 N–H and O–H groups in total. The zero-order chi connectivity index (χ0) is 11.4. The number of hydrogen-bond donors (Lipinski definition) is 0. The maximum Gasteiger partial charge on any atom is -0.00380 e. The first-order valence-electron chi connectivity index (χ1n) is 5.38. The Balaban J connectivity index is 4.18. The van der Waals surface area contributed by atoms with Gasteiger partial charge in [0.05, 0.1) is 0 Å². The van der Waals surface area contributed by atoms with Crippen LogP contribution in [-0.2, 0) is 0 Å². The van der Waals surface area contributed by atoms with Gasteiger partial charge in [-0.15, -0.1) is 6.42 Å². The second kappa shape index (κ2) is 10.6. The second-order valence-corrected chi connectivity index (χ2v) is 3.25. The van der Waals surface area contributed by atoms with Crippen LogP contribution in [0.3, 0.4) is 0 Å². The maximum atomic E-state index is 5.20. The quantitative estimate of drug-likeness (QED) is 0.341. The highest BCUT2D eigenvalue weighted by Crippen LogP contribution is 2.11. The predicted octanol–water partition coefficient (Wildman–Crippen LogP) is 4.28. The summed E-state index contributed by atoms with van der Waals surface area (Å²) in [6.07, 6.45) is 23.8. The summed E-state index contributed by atoms with van der Waals surface area (Å²) in [5.41, 5.74) is 0. The molecular weight excluding hydrogens is 180 g/mol. The summed E-state index contributed by atoms with van der Waals surface area (Å²) in [4.78, 5) is 0. The van der Waals surface area contributed by atoms with Crippen molar-refractivity contribution in [1.29, 1.82) is 0 Å². The first-order chi connectivity index (χ1) is 7.35. The van der Waals surface area contributed by atoms with Crippen molar-refractivity contribution in [1.82, 2.24) is 0 Å². The van der Waals surface area contributed by atoms with Crippen molar-refractivity contribution in [3.8, 4) is 12.3 Å². The number of allylic oxidation sites excluding steroid dienone is 8. The van der Waals surface area contributed by atoms with Crippen LogP contribution in [0.15, 0.2) is 48.6 Å². The van der Waals surface area contributed by atoms with Gasteiger partial charge in [-0.3, -0.25) is 0 Å². The normalized spacial score (nSPS) is 14.5. The fourth-order valence-corrected chi connectivity index (χ4v) is 1.21. The lowest BCUT2D eigenvalue weighted by Gasteiger charge is -2.03. The van der Waals surface area contributed by atoms with Gasteiger partial charge in [0.25, 0.3) is 0 Å². The summed E-state index contributed by atoms with van der Waals surface area (Å²) in [5.74, 6) is 2.97. The van der Waals surface area contributed by atoms with E-state index in [1.54, 1.807) is 6.08 Å². The lowest BCUT2D eigenvalue weighted by atomic mass is 10.0. The van der Waals surface area contributed by atoms with Crippen molar-refractivity contribution in [3.05, 3.63) is 48.6 Å². The Morgan fingerprint density at radius 2 is 1.93 bits per heavy atom. The standard InChI is InChI=1S/C15H20/c1-4-7-10-13-15(12-9-6-3)14-11-8-5-2/h3-5,7-10,12-13,15H,11,14H2,1-2H3/b7-4+,8-5+,12-9+,13-10+. The minimum absolute atomic E-state index is 0.438. The molecule has 0 fully saturated rings. The van der Waals surface area contributed by atoms with Gasteiger partial charge < -0.3 is 0 Å². The molecule has 0 spiro atoms. The number of hydrogen-bond acceptors (Lipinski definition) is 0. The van der Waals surface area contributed by atoms with E-state index in [1.807, 2.05) is 26.0 Å². The highest BCUT2D eigenvalue weighted by atomic mass is 14.0. The van der Waals surface area contributed by atoms with Crippen LogP contribution >= 0.6 is 0 Å². The van der Waals surface area contributed by atoms with Gasteiger partial charge >= 0.3 is 0 Å². The average molecular weight is 200 g/mol. The maximum absolute atomic E-state index is 5.20. The highest BCUT2D eigenvalue weighted by molar-refractivity contribution is 5.15. The van der Waals surface area contributed by atoms with Gasteiger partial charge in [-0.05, 0) is 38.7 Å². The molecule has 0 rings (SSSR count). The first-order valence-corrected chi connectivity index (χ1v) is 5.38. The van der Waals surface area contributed by atoms with E-state index in [9.17, 15) is 0 Å². The number of rotatable bonds is 6. The Kier molecular flexibility index (Phi) is 9.55. The third-order valence-electron chi connectivity index (χ3n) is 2.00. The molecule has 0 aromatic carbocycles. The van der Waals surface area contributed by atoms with Crippen molar-refractivity contribution >= 4 is 0 Å². The third kappa shape index (κ3) is 8.84. The first kappa shape index (κ1) is 13.5. The molecule has 0 saturated carbocycles. The monoisotopic (exact) mass is 200 g/mol. The molecule has 1 unspecified atom stereocenters. The molecule has 0 heterocycles. The molecule has 0 radical (unpaired) electrons. The Morgan fingerprint density at radius 1 is 1.13 bits per heavy atom. The lowest BCUT2D eigenvalue weighted by Crippen LogP contribution is -1.90. The zero-order valence-electron chi connectivity index (χ0n) is 9.69. The minimum Gasteiger partial charge on any atom is -0.115 e. The van der Waals surface area contributed by atoms with E-state index in [0.717, 1.165) is 12.8 Å². The second-order valence-electron chi connectivity index (χ2n) is 3.25.